The first-order valence-electron chi connectivity index (χ1n) is 11.4. The van der Waals surface area contributed by atoms with Crippen LogP contribution in [0.4, 0.5) is 0 Å². The van der Waals surface area contributed by atoms with Crippen molar-refractivity contribution in [1.82, 2.24) is 4.90 Å². The molecular formula is C28H31NO3. The van der Waals surface area contributed by atoms with Crippen LogP contribution in [0.15, 0.2) is 72.8 Å². The number of esters is 1. The van der Waals surface area contributed by atoms with Gasteiger partial charge in [-0.05, 0) is 59.4 Å². The highest BCUT2D eigenvalue weighted by Crippen LogP contribution is 2.25. The molecule has 32 heavy (non-hydrogen) atoms. The maximum atomic E-state index is 11.8. The molecule has 0 N–H and O–H groups in total. The number of ether oxygens (including phenoxy) is 2. The Morgan fingerprint density at radius 2 is 1.50 bits per heavy atom. The fraction of sp³-hybridized carbons (Fsp3) is 0.321. The first-order valence-corrected chi connectivity index (χ1v) is 11.4. The molecule has 4 heteroatoms. The Morgan fingerprint density at radius 1 is 0.906 bits per heavy atom. The van der Waals surface area contributed by atoms with Gasteiger partial charge in [0, 0.05) is 19.6 Å². The minimum atomic E-state index is -0.287. The Hall–Kier alpha value is -3.11. The van der Waals surface area contributed by atoms with Gasteiger partial charge in [0.25, 0.3) is 0 Å². The molecule has 1 aliphatic rings. The molecule has 3 aromatic carbocycles. The average Bonchev–Trinajstić information content (AvgIpc) is 2.79. The summed E-state index contributed by atoms with van der Waals surface area (Å²) in [4.78, 5) is 14.2. The van der Waals surface area contributed by atoms with Gasteiger partial charge < -0.3 is 9.47 Å². The van der Waals surface area contributed by atoms with Gasteiger partial charge in [-0.25, -0.2) is 4.79 Å². The van der Waals surface area contributed by atoms with Crippen LogP contribution in [0.3, 0.4) is 0 Å². The SMILES string of the molecule is CCOC(=O)c1ccc(-c2ccc(OC3CN(Cc4ccc(C(C)C)cc4)C3)cc2)cc1. The highest BCUT2D eigenvalue weighted by atomic mass is 16.5. The van der Waals surface area contributed by atoms with E-state index in [9.17, 15) is 4.79 Å². The second kappa shape index (κ2) is 10.0. The molecule has 3 aromatic rings. The zero-order valence-corrected chi connectivity index (χ0v) is 19.1. The quantitative estimate of drug-likeness (QED) is 0.417. The van der Waals surface area contributed by atoms with Crippen LogP contribution in [0.1, 0.15) is 48.2 Å². The van der Waals surface area contributed by atoms with E-state index in [-0.39, 0.29) is 12.1 Å². The van der Waals surface area contributed by atoms with Crippen LogP contribution in [-0.4, -0.2) is 36.7 Å². The normalized spacial score (nSPS) is 14.2. The van der Waals surface area contributed by atoms with Gasteiger partial charge in [0.2, 0.25) is 0 Å². The molecule has 0 aliphatic carbocycles. The predicted molar refractivity (Wildman–Crippen MR) is 128 cm³/mol. The zero-order valence-electron chi connectivity index (χ0n) is 19.1. The first kappa shape index (κ1) is 22.1. The topological polar surface area (TPSA) is 38.8 Å². The van der Waals surface area contributed by atoms with Crippen molar-refractivity contribution in [3.8, 4) is 16.9 Å². The van der Waals surface area contributed by atoms with E-state index in [2.05, 4.69) is 55.1 Å². The van der Waals surface area contributed by atoms with E-state index in [0.29, 0.717) is 18.1 Å². The second-order valence-corrected chi connectivity index (χ2v) is 8.65. The van der Waals surface area contributed by atoms with Crippen LogP contribution < -0.4 is 4.74 Å². The summed E-state index contributed by atoms with van der Waals surface area (Å²) in [6.07, 6.45) is 0.236. The Balaban J connectivity index is 1.26. The third-order valence-electron chi connectivity index (χ3n) is 5.86. The lowest BCUT2D eigenvalue weighted by Gasteiger charge is -2.39. The standard InChI is InChI=1S/C28H31NO3/c1-4-31-28(30)25-11-9-23(10-12-25)24-13-15-26(16-14-24)32-27-18-29(19-27)17-21-5-7-22(8-6-21)20(2)3/h5-16,20,27H,4,17-19H2,1-3H3. The number of hydrogen-bond donors (Lipinski definition) is 0. The van der Waals surface area contributed by atoms with Crippen molar-refractivity contribution in [2.24, 2.45) is 0 Å². The van der Waals surface area contributed by atoms with E-state index in [1.54, 1.807) is 12.1 Å². The molecule has 166 valence electrons. The summed E-state index contributed by atoms with van der Waals surface area (Å²) in [6.45, 7) is 9.50. The van der Waals surface area contributed by atoms with E-state index in [0.717, 1.165) is 36.5 Å². The Kier molecular flexibility index (Phi) is 6.91. The summed E-state index contributed by atoms with van der Waals surface area (Å²) in [5, 5.41) is 0. The van der Waals surface area contributed by atoms with Crippen LogP contribution in [0, 0.1) is 0 Å². The van der Waals surface area contributed by atoms with E-state index < -0.39 is 0 Å². The Bertz CT molecular complexity index is 1020. The lowest BCUT2D eigenvalue weighted by Crippen LogP contribution is -2.53. The Morgan fingerprint density at radius 3 is 2.06 bits per heavy atom. The van der Waals surface area contributed by atoms with Gasteiger partial charge in [-0.1, -0.05) is 62.4 Å². The largest absolute Gasteiger partial charge is 0.488 e. The van der Waals surface area contributed by atoms with Crippen molar-refractivity contribution in [2.45, 2.75) is 39.3 Å². The molecule has 0 spiro atoms. The zero-order chi connectivity index (χ0) is 22.5. The summed E-state index contributed by atoms with van der Waals surface area (Å²) >= 11 is 0. The van der Waals surface area contributed by atoms with Crippen molar-refractivity contribution in [2.75, 3.05) is 19.7 Å². The van der Waals surface area contributed by atoms with Gasteiger partial charge in [0.05, 0.1) is 12.2 Å². The molecule has 0 aromatic heterocycles. The van der Waals surface area contributed by atoms with Gasteiger partial charge in [-0.3, -0.25) is 4.90 Å². The molecule has 1 aliphatic heterocycles. The number of rotatable bonds is 8. The lowest BCUT2D eigenvalue weighted by atomic mass is 10.0. The van der Waals surface area contributed by atoms with E-state index in [1.807, 2.05) is 31.2 Å². The molecule has 4 nitrogen and oxygen atoms in total. The van der Waals surface area contributed by atoms with Gasteiger partial charge >= 0.3 is 5.97 Å². The number of carbonyl (C=O) groups excluding carboxylic acids is 1. The van der Waals surface area contributed by atoms with Crippen molar-refractivity contribution < 1.29 is 14.3 Å². The van der Waals surface area contributed by atoms with Gasteiger partial charge in [-0.2, -0.15) is 0 Å². The first-order chi connectivity index (χ1) is 15.5. The number of carbonyl (C=O) groups is 1. The van der Waals surface area contributed by atoms with Crippen LogP contribution >= 0.6 is 0 Å². The lowest BCUT2D eigenvalue weighted by molar-refractivity contribution is 0.0146. The van der Waals surface area contributed by atoms with Crippen molar-refractivity contribution in [3.05, 3.63) is 89.5 Å². The summed E-state index contributed by atoms with van der Waals surface area (Å²) in [5.74, 6) is 1.17. The van der Waals surface area contributed by atoms with E-state index in [4.69, 9.17) is 9.47 Å². The molecule has 1 heterocycles. The molecular weight excluding hydrogens is 398 g/mol. The predicted octanol–water partition coefficient (Wildman–Crippen LogP) is 5.92. The molecule has 1 fully saturated rings. The Labute approximate surface area is 190 Å². The molecule has 1 saturated heterocycles. The average molecular weight is 430 g/mol. The van der Waals surface area contributed by atoms with Gasteiger partial charge in [0.1, 0.15) is 11.9 Å². The van der Waals surface area contributed by atoms with E-state index in [1.165, 1.54) is 11.1 Å². The molecule has 0 saturated carbocycles. The molecule has 4 rings (SSSR count). The van der Waals surface area contributed by atoms with Crippen molar-refractivity contribution >= 4 is 5.97 Å². The molecule has 0 bridgehead atoms. The smallest absolute Gasteiger partial charge is 0.338 e. The number of hydrogen-bond acceptors (Lipinski definition) is 4. The third kappa shape index (κ3) is 5.38. The summed E-state index contributed by atoms with van der Waals surface area (Å²) in [6, 6.07) is 24.6. The molecule has 0 atom stereocenters. The minimum Gasteiger partial charge on any atom is -0.488 e. The molecule has 0 unspecified atom stereocenters. The van der Waals surface area contributed by atoms with Crippen LogP contribution in [0.25, 0.3) is 11.1 Å². The van der Waals surface area contributed by atoms with Crippen LogP contribution in [0.5, 0.6) is 5.75 Å². The van der Waals surface area contributed by atoms with Crippen LogP contribution in [-0.2, 0) is 11.3 Å². The highest BCUT2D eigenvalue weighted by Gasteiger charge is 2.28. The second-order valence-electron chi connectivity index (χ2n) is 8.65. The molecule has 0 radical (unpaired) electrons. The van der Waals surface area contributed by atoms with Crippen LogP contribution in [0.2, 0.25) is 0 Å². The number of likely N-dealkylation sites (tertiary alicyclic amines) is 1. The summed E-state index contributed by atoms with van der Waals surface area (Å²) in [7, 11) is 0. The maximum Gasteiger partial charge on any atom is 0.338 e. The maximum absolute atomic E-state index is 11.8. The fourth-order valence-corrected chi connectivity index (χ4v) is 3.92. The summed E-state index contributed by atoms with van der Waals surface area (Å²) < 4.78 is 11.2. The number of nitrogens with zero attached hydrogens (tertiary/aromatic N) is 1. The van der Waals surface area contributed by atoms with E-state index >= 15 is 0 Å². The summed E-state index contributed by atoms with van der Waals surface area (Å²) in [5.41, 5.74) is 5.46. The van der Waals surface area contributed by atoms with Crippen molar-refractivity contribution in [3.63, 3.8) is 0 Å². The fourth-order valence-electron chi connectivity index (χ4n) is 3.92. The molecule has 0 amide bonds. The third-order valence-corrected chi connectivity index (χ3v) is 5.86. The van der Waals surface area contributed by atoms with Crippen molar-refractivity contribution in [1.29, 1.82) is 0 Å². The minimum absolute atomic E-state index is 0.236. The highest BCUT2D eigenvalue weighted by molar-refractivity contribution is 5.90. The van der Waals surface area contributed by atoms with Gasteiger partial charge in [0.15, 0.2) is 0 Å². The number of benzene rings is 3. The monoisotopic (exact) mass is 429 g/mol. The van der Waals surface area contributed by atoms with Gasteiger partial charge in [-0.15, -0.1) is 0 Å².